The van der Waals surface area contributed by atoms with Crippen LogP contribution in [0.5, 0.6) is 5.75 Å². The molecule has 1 aromatic rings. The molecule has 1 N–H and O–H groups in total. The van der Waals surface area contributed by atoms with Crippen LogP contribution in [0.3, 0.4) is 0 Å². The zero-order valence-corrected chi connectivity index (χ0v) is 12.7. The van der Waals surface area contributed by atoms with Gasteiger partial charge in [0.1, 0.15) is 5.75 Å². The molecule has 0 saturated carbocycles. The van der Waals surface area contributed by atoms with Gasteiger partial charge in [-0.05, 0) is 68.0 Å². The van der Waals surface area contributed by atoms with Crippen molar-refractivity contribution < 1.29 is 4.74 Å². The minimum atomic E-state index is 0.438. The fourth-order valence-corrected chi connectivity index (χ4v) is 2.79. The zero-order valence-electron chi connectivity index (χ0n) is 11.9. The first-order valence-corrected chi connectivity index (χ1v) is 7.67. The van der Waals surface area contributed by atoms with E-state index in [2.05, 4.69) is 19.2 Å². The van der Waals surface area contributed by atoms with E-state index in [9.17, 15) is 0 Å². The summed E-state index contributed by atoms with van der Waals surface area (Å²) in [5.41, 5.74) is 1.21. The zero-order chi connectivity index (χ0) is 13.7. The van der Waals surface area contributed by atoms with Crippen LogP contribution >= 0.6 is 11.6 Å². The highest BCUT2D eigenvalue weighted by Crippen LogP contribution is 2.29. The number of hydrogen-bond donors (Lipinski definition) is 1. The molecule has 1 heterocycles. The van der Waals surface area contributed by atoms with Crippen LogP contribution in [0.15, 0.2) is 18.2 Å². The van der Waals surface area contributed by atoms with Crippen molar-refractivity contribution in [1.29, 1.82) is 0 Å². The van der Waals surface area contributed by atoms with E-state index in [-0.39, 0.29) is 0 Å². The van der Waals surface area contributed by atoms with Crippen LogP contribution < -0.4 is 10.1 Å². The third-order valence-electron chi connectivity index (χ3n) is 3.84. The number of benzene rings is 1. The van der Waals surface area contributed by atoms with Gasteiger partial charge in [-0.25, -0.2) is 0 Å². The van der Waals surface area contributed by atoms with Crippen molar-refractivity contribution in [2.75, 3.05) is 19.7 Å². The van der Waals surface area contributed by atoms with Crippen molar-refractivity contribution in [3.8, 4) is 5.75 Å². The third kappa shape index (κ3) is 4.39. The SMILES string of the molecule is CC(C)c1cc(Cl)ccc1OCCC1CCNCC1. The molecule has 2 rings (SSSR count). The lowest BCUT2D eigenvalue weighted by Gasteiger charge is -2.23. The average molecular weight is 282 g/mol. The summed E-state index contributed by atoms with van der Waals surface area (Å²) >= 11 is 6.05. The van der Waals surface area contributed by atoms with Crippen LogP contribution in [0.25, 0.3) is 0 Å². The molecule has 1 aliphatic heterocycles. The molecule has 0 amide bonds. The Labute approximate surface area is 121 Å². The van der Waals surface area contributed by atoms with Gasteiger partial charge in [0.05, 0.1) is 6.61 Å². The van der Waals surface area contributed by atoms with Gasteiger partial charge in [-0.15, -0.1) is 0 Å². The lowest BCUT2D eigenvalue weighted by molar-refractivity contribution is 0.249. The smallest absolute Gasteiger partial charge is 0.122 e. The maximum Gasteiger partial charge on any atom is 0.122 e. The summed E-state index contributed by atoms with van der Waals surface area (Å²) in [6.45, 7) is 7.47. The Morgan fingerprint density at radius 2 is 2.05 bits per heavy atom. The Morgan fingerprint density at radius 1 is 1.32 bits per heavy atom. The first kappa shape index (κ1) is 14.7. The predicted octanol–water partition coefficient (Wildman–Crippen LogP) is 4.23. The maximum atomic E-state index is 6.05. The highest BCUT2D eigenvalue weighted by Gasteiger charge is 2.14. The van der Waals surface area contributed by atoms with Crippen LogP contribution in [-0.4, -0.2) is 19.7 Å². The fraction of sp³-hybridized carbons (Fsp3) is 0.625. The number of hydrogen-bond acceptors (Lipinski definition) is 2. The molecule has 1 saturated heterocycles. The van der Waals surface area contributed by atoms with Crippen LogP contribution in [0.4, 0.5) is 0 Å². The Hall–Kier alpha value is -0.730. The summed E-state index contributed by atoms with van der Waals surface area (Å²) in [6.07, 6.45) is 3.71. The average Bonchev–Trinajstić information content (AvgIpc) is 2.41. The lowest BCUT2D eigenvalue weighted by Crippen LogP contribution is -2.28. The van der Waals surface area contributed by atoms with E-state index in [1.165, 1.54) is 18.4 Å². The quantitative estimate of drug-likeness (QED) is 0.872. The van der Waals surface area contributed by atoms with E-state index in [0.29, 0.717) is 5.92 Å². The molecule has 0 aliphatic carbocycles. The van der Waals surface area contributed by atoms with E-state index in [4.69, 9.17) is 16.3 Å². The van der Waals surface area contributed by atoms with Crippen LogP contribution in [0, 0.1) is 5.92 Å². The highest BCUT2D eigenvalue weighted by atomic mass is 35.5. The Balaban J connectivity index is 1.88. The fourth-order valence-electron chi connectivity index (χ4n) is 2.61. The summed E-state index contributed by atoms with van der Waals surface area (Å²) in [7, 11) is 0. The normalized spacial score (nSPS) is 16.8. The van der Waals surface area contributed by atoms with Gasteiger partial charge < -0.3 is 10.1 Å². The van der Waals surface area contributed by atoms with Gasteiger partial charge >= 0.3 is 0 Å². The van der Waals surface area contributed by atoms with E-state index in [1.807, 2.05) is 18.2 Å². The van der Waals surface area contributed by atoms with E-state index < -0.39 is 0 Å². The predicted molar refractivity (Wildman–Crippen MR) is 81.2 cm³/mol. The molecule has 0 unspecified atom stereocenters. The second kappa shape index (κ2) is 7.16. The number of piperidine rings is 1. The number of nitrogens with one attached hydrogen (secondary N) is 1. The van der Waals surface area contributed by atoms with Crippen molar-refractivity contribution in [2.24, 2.45) is 5.92 Å². The molecule has 3 heteroatoms. The summed E-state index contributed by atoms with van der Waals surface area (Å²) < 4.78 is 5.98. The largest absolute Gasteiger partial charge is 0.493 e. The second-order valence-corrected chi connectivity index (χ2v) is 6.10. The summed E-state index contributed by atoms with van der Waals surface area (Å²) in [5.74, 6) is 2.25. The minimum Gasteiger partial charge on any atom is -0.493 e. The van der Waals surface area contributed by atoms with Gasteiger partial charge in [-0.2, -0.15) is 0 Å². The van der Waals surface area contributed by atoms with Gasteiger partial charge in [0, 0.05) is 5.02 Å². The van der Waals surface area contributed by atoms with Gasteiger partial charge in [0.2, 0.25) is 0 Å². The van der Waals surface area contributed by atoms with Gasteiger partial charge in [-0.3, -0.25) is 0 Å². The van der Waals surface area contributed by atoms with Crippen molar-refractivity contribution in [3.63, 3.8) is 0 Å². The molecule has 1 aliphatic rings. The molecule has 0 aromatic heterocycles. The molecular formula is C16H24ClNO. The summed E-state index contributed by atoms with van der Waals surface area (Å²) in [4.78, 5) is 0. The van der Waals surface area contributed by atoms with Crippen LogP contribution in [-0.2, 0) is 0 Å². The van der Waals surface area contributed by atoms with Crippen LogP contribution in [0.2, 0.25) is 5.02 Å². The number of halogens is 1. The Kier molecular flexibility index (Phi) is 5.53. The standard InChI is InChI=1S/C16H24ClNO/c1-12(2)15-11-14(17)3-4-16(15)19-10-7-13-5-8-18-9-6-13/h3-4,11-13,18H,5-10H2,1-2H3. The first-order valence-electron chi connectivity index (χ1n) is 7.30. The second-order valence-electron chi connectivity index (χ2n) is 5.67. The molecule has 1 fully saturated rings. The Morgan fingerprint density at radius 3 is 2.74 bits per heavy atom. The van der Waals surface area contributed by atoms with Crippen molar-refractivity contribution in [3.05, 3.63) is 28.8 Å². The number of rotatable bonds is 5. The van der Waals surface area contributed by atoms with Gasteiger partial charge in [0.15, 0.2) is 0 Å². The molecule has 1 aromatic carbocycles. The maximum absolute atomic E-state index is 6.05. The molecule has 0 spiro atoms. The third-order valence-corrected chi connectivity index (χ3v) is 4.07. The van der Waals surface area contributed by atoms with Crippen molar-refractivity contribution in [2.45, 2.75) is 39.0 Å². The molecule has 2 nitrogen and oxygen atoms in total. The van der Waals surface area contributed by atoms with E-state index >= 15 is 0 Å². The molecule has 0 bridgehead atoms. The van der Waals surface area contributed by atoms with E-state index in [1.54, 1.807) is 0 Å². The minimum absolute atomic E-state index is 0.438. The van der Waals surface area contributed by atoms with Crippen molar-refractivity contribution in [1.82, 2.24) is 5.32 Å². The molecule has 0 radical (unpaired) electrons. The first-order chi connectivity index (χ1) is 9.16. The van der Waals surface area contributed by atoms with Gasteiger partial charge in [0.25, 0.3) is 0 Å². The Bertz CT molecular complexity index is 400. The summed E-state index contributed by atoms with van der Waals surface area (Å²) in [5, 5.41) is 4.18. The molecule has 106 valence electrons. The monoisotopic (exact) mass is 281 g/mol. The van der Waals surface area contributed by atoms with E-state index in [0.717, 1.165) is 42.8 Å². The molecule has 0 atom stereocenters. The topological polar surface area (TPSA) is 21.3 Å². The molecular weight excluding hydrogens is 258 g/mol. The van der Waals surface area contributed by atoms with Crippen LogP contribution in [0.1, 0.15) is 44.6 Å². The number of ether oxygens (including phenoxy) is 1. The lowest BCUT2D eigenvalue weighted by atomic mass is 9.95. The summed E-state index contributed by atoms with van der Waals surface area (Å²) in [6, 6.07) is 5.93. The highest BCUT2D eigenvalue weighted by molar-refractivity contribution is 6.30. The van der Waals surface area contributed by atoms with Crippen molar-refractivity contribution >= 4 is 11.6 Å². The molecule has 19 heavy (non-hydrogen) atoms. The van der Waals surface area contributed by atoms with Gasteiger partial charge in [-0.1, -0.05) is 25.4 Å².